The minimum atomic E-state index is 0. The molecule has 0 atom stereocenters. The molecule has 0 unspecified atom stereocenters. The van der Waals surface area contributed by atoms with Gasteiger partial charge in [0.15, 0.2) is 0 Å². The third-order valence-electron chi connectivity index (χ3n) is 10.4. The molecular formula is C47H30N5OPt-3. The number of ether oxygens (including phenoxy) is 1. The monoisotopic (exact) mass is 875 g/mol. The summed E-state index contributed by atoms with van der Waals surface area (Å²) in [6.07, 6.45) is 2.01. The summed E-state index contributed by atoms with van der Waals surface area (Å²) in [5, 5.41) is 7.00. The van der Waals surface area contributed by atoms with Crippen molar-refractivity contribution in [3.8, 4) is 17.3 Å². The standard InChI is InChI=1S/C47H30N5O.Pt/c1-49-44-25-32-13-6-5-12-31(32)24-39(44)40-29-48-47(28-45(40)49)52-41-19-8-7-18-37(41)38-23-22-36(27-46(38)52)53-35-17-11-16-34(26-35)51-30-50(33-14-3-2-4-15-33)42-20-9-10-21-43(42)51;/h2-25,28-30H,1H3;/q-3;. The number of benzene rings is 7. The fourth-order valence-corrected chi connectivity index (χ4v) is 7.92. The molecule has 0 saturated carbocycles. The summed E-state index contributed by atoms with van der Waals surface area (Å²) in [4.78, 5) is 9.43. The Bertz CT molecular complexity index is 3060. The van der Waals surface area contributed by atoms with Crippen LogP contribution in [0.4, 0.5) is 22.7 Å². The van der Waals surface area contributed by atoms with E-state index >= 15 is 0 Å². The number of nitrogens with zero attached hydrogens (tertiary/aromatic N) is 5. The molecule has 0 radical (unpaired) electrons. The molecule has 262 valence electrons. The van der Waals surface area contributed by atoms with E-state index in [2.05, 4.69) is 172 Å². The average molecular weight is 876 g/mol. The number of fused-ring (bicyclic) bond motifs is 8. The maximum atomic E-state index is 6.54. The maximum absolute atomic E-state index is 6.54. The molecule has 3 aromatic heterocycles. The number of anilines is 4. The van der Waals surface area contributed by atoms with Crippen LogP contribution in [0.3, 0.4) is 0 Å². The number of rotatable bonds is 5. The number of pyridine rings is 1. The smallest absolute Gasteiger partial charge is 0.137 e. The van der Waals surface area contributed by atoms with Crippen LogP contribution in [-0.2, 0) is 28.1 Å². The van der Waals surface area contributed by atoms with Crippen LogP contribution < -0.4 is 14.5 Å². The largest absolute Gasteiger partial charge is 0.509 e. The van der Waals surface area contributed by atoms with Crippen molar-refractivity contribution >= 4 is 77.1 Å². The zero-order valence-corrected chi connectivity index (χ0v) is 31.3. The molecule has 1 aliphatic rings. The van der Waals surface area contributed by atoms with Crippen LogP contribution in [0.5, 0.6) is 11.5 Å². The third-order valence-corrected chi connectivity index (χ3v) is 10.4. The van der Waals surface area contributed by atoms with Crippen LogP contribution in [-0.4, -0.2) is 14.1 Å². The van der Waals surface area contributed by atoms with Crippen molar-refractivity contribution in [2.75, 3.05) is 9.80 Å². The quantitative estimate of drug-likeness (QED) is 0.162. The van der Waals surface area contributed by atoms with Crippen LogP contribution in [0.2, 0.25) is 0 Å². The van der Waals surface area contributed by atoms with Gasteiger partial charge in [0.2, 0.25) is 0 Å². The molecule has 0 aliphatic carbocycles. The normalized spacial score (nSPS) is 12.6. The fourth-order valence-electron chi connectivity index (χ4n) is 7.92. The van der Waals surface area contributed by atoms with Crippen molar-refractivity contribution in [2.24, 2.45) is 7.05 Å². The first-order valence-electron chi connectivity index (χ1n) is 17.7. The number of aryl methyl sites for hydroxylation is 1. The van der Waals surface area contributed by atoms with Crippen LogP contribution in [0.15, 0.2) is 158 Å². The van der Waals surface area contributed by atoms with Crippen LogP contribution in [0, 0.1) is 18.8 Å². The Kier molecular flexibility index (Phi) is 7.57. The molecule has 0 saturated heterocycles. The van der Waals surface area contributed by atoms with Crippen molar-refractivity contribution in [1.82, 2.24) is 14.1 Å². The Labute approximate surface area is 326 Å². The van der Waals surface area contributed by atoms with Crippen molar-refractivity contribution in [2.45, 2.75) is 0 Å². The van der Waals surface area contributed by atoms with E-state index in [-0.39, 0.29) is 21.1 Å². The zero-order valence-electron chi connectivity index (χ0n) is 29.0. The van der Waals surface area contributed by atoms with E-state index in [1.807, 2.05) is 30.5 Å². The molecule has 0 spiro atoms. The summed E-state index contributed by atoms with van der Waals surface area (Å²) in [6, 6.07) is 59.7. The van der Waals surface area contributed by atoms with Gasteiger partial charge in [0, 0.05) is 90.7 Å². The first kappa shape index (κ1) is 32.3. The average Bonchev–Trinajstić information content (AvgIpc) is 3.85. The van der Waals surface area contributed by atoms with Gasteiger partial charge in [0.25, 0.3) is 0 Å². The summed E-state index contributed by atoms with van der Waals surface area (Å²) in [6.45, 7) is 2.11. The molecule has 7 aromatic carbocycles. The van der Waals surface area contributed by atoms with Crippen molar-refractivity contribution in [1.29, 1.82) is 0 Å². The summed E-state index contributed by atoms with van der Waals surface area (Å²) < 4.78 is 11.0. The van der Waals surface area contributed by atoms with Crippen LogP contribution in [0.25, 0.3) is 60.2 Å². The van der Waals surface area contributed by atoms with Crippen molar-refractivity contribution < 1.29 is 25.8 Å². The van der Waals surface area contributed by atoms with Crippen LogP contribution in [0.1, 0.15) is 0 Å². The van der Waals surface area contributed by atoms with Gasteiger partial charge < -0.3 is 23.7 Å². The molecule has 0 bridgehead atoms. The van der Waals surface area contributed by atoms with E-state index in [9.17, 15) is 0 Å². The first-order valence-corrected chi connectivity index (χ1v) is 17.7. The van der Waals surface area contributed by atoms with Gasteiger partial charge in [0.05, 0.1) is 5.52 Å². The minimum Gasteiger partial charge on any atom is -0.509 e. The molecular weight excluding hydrogens is 846 g/mol. The zero-order chi connectivity index (χ0) is 35.0. The van der Waals surface area contributed by atoms with Gasteiger partial charge in [-0.25, -0.2) is 4.98 Å². The van der Waals surface area contributed by atoms with Gasteiger partial charge in [-0.05, 0) is 58.6 Å². The molecule has 6 nitrogen and oxygen atoms in total. The van der Waals surface area contributed by atoms with Gasteiger partial charge in [-0.1, -0.05) is 78.3 Å². The predicted molar refractivity (Wildman–Crippen MR) is 216 cm³/mol. The predicted octanol–water partition coefficient (Wildman–Crippen LogP) is 11.8. The SMILES string of the molecule is Cn1c2cc(-n3c4[c-]c(Oc5[c-]c(N6[CH-]N(c7ccccc7)c7ccccc76)ccc5)ccc4c4ccccc43)ncc2c2cc3ccccc3cc21.[Pt]. The fraction of sp³-hybridized carbons (Fsp3) is 0.0213. The summed E-state index contributed by atoms with van der Waals surface area (Å²) in [7, 11) is 2.13. The number of hydrogen-bond donors (Lipinski definition) is 0. The van der Waals surface area contributed by atoms with E-state index in [0.29, 0.717) is 11.5 Å². The Morgan fingerprint density at radius 3 is 2.11 bits per heavy atom. The second-order valence-electron chi connectivity index (χ2n) is 13.5. The van der Waals surface area contributed by atoms with Crippen LogP contribution >= 0.6 is 0 Å². The minimum absolute atomic E-state index is 0. The number of hydrogen-bond acceptors (Lipinski definition) is 4. The van der Waals surface area contributed by atoms with Gasteiger partial charge in [0.1, 0.15) is 5.82 Å². The van der Waals surface area contributed by atoms with Crippen molar-refractivity contribution in [3.63, 3.8) is 0 Å². The summed E-state index contributed by atoms with van der Waals surface area (Å²) in [5.41, 5.74) is 8.42. The Hall–Kier alpha value is -6.36. The second-order valence-corrected chi connectivity index (χ2v) is 13.5. The van der Waals surface area contributed by atoms with Gasteiger partial charge in [-0.2, -0.15) is 12.1 Å². The molecule has 1 aliphatic heterocycles. The first-order chi connectivity index (χ1) is 26.2. The molecule has 0 fully saturated rings. The van der Waals surface area contributed by atoms with Gasteiger partial charge in [-0.15, -0.1) is 48.1 Å². The topological polar surface area (TPSA) is 38.5 Å². The molecule has 4 heterocycles. The molecule has 0 amide bonds. The Balaban J connectivity index is 0.00000361. The van der Waals surface area contributed by atoms with Gasteiger partial charge >= 0.3 is 0 Å². The summed E-state index contributed by atoms with van der Waals surface area (Å²) in [5.74, 6) is 2.03. The molecule has 0 N–H and O–H groups in total. The second kappa shape index (κ2) is 12.6. The van der Waals surface area contributed by atoms with E-state index in [1.165, 1.54) is 21.7 Å². The van der Waals surface area contributed by atoms with E-state index in [4.69, 9.17) is 9.72 Å². The maximum Gasteiger partial charge on any atom is 0.137 e. The van der Waals surface area contributed by atoms with Gasteiger partial charge in [-0.3, -0.25) is 0 Å². The van der Waals surface area contributed by atoms with E-state index < -0.39 is 0 Å². The number of para-hydroxylation sites is 4. The number of aromatic nitrogens is 3. The molecule has 54 heavy (non-hydrogen) atoms. The van der Waals surface area contributed by atoms with E-state index in [1.54, 1.807) is 0 Å². The molecule has 7 heteroatoms. The van der Waals surface area contributed by atoms with E-state index in [0.717, 1.165) is 61.3 Å². The molecule has 10 aromatic rings. The molecule has 11 rings (SSSR count). The summed E-state index contributed by atoms with van der Waals surface area (Å²) >= 11 is 0. The third kappa shape index (κ3) is 5.02. The Morgan fingerprint density at radius 2 is 1.26 bits per heavy atom. The Morgan fingerprint density at radius 1 is 0.556 bits per heavy atom. The van der Waals surface area contributed by atoms with Crippen molar-refractivity contribution in [3.05, 3.63) is 177 Å².